The summed E-state index contributed by atoms with van der Waals surface area (Å²) < 4.78 is 26.9. The smallest absolute Gasteiger partial charge is 0.151 e. The molecule has 0 saturated heterocycles. The summed E-state index contributed by atoms with van der Waals surface area (Å²) in [6.07, 6.45) is 1.57. The number of aromatic nitrogens is 1. The number of hydrogen-bond acceptors (Lipinski definition) is 3. The fourth-order valence-electron chi connectivity index (χ4n) is 2.07. The van der Waals surface area contributed by atoms with Crippen LogP contribution in [0.1, 0.15) is 0 Å². The molecule has 0 aliphatic heterocycles. The third-order valence-corrected chi connectivity index (χ3v) is 3.33. The fraction of sp³-hybridized carbons (Fsp3) is 0. The molecule has 0 aliphatic carbocycles. The molecule has 0 saturated carbocycles. The van der Waals surface area contributed by atoms with Crippen molar-refractivity contribution < 1.29 is 8.78 Å². The summed E-state index contributed by atoms with van der Waals surface area (Å²) in [6.45, 7) is 0. The number of nitrogens with zero attached hydrogens (tertiary/aromatic N) is 1. The van der Waals surface area contributed by atoms with Crippen molar-refractivity contribution in [1.82, 2.24) is 4.98 Å². The number of halogens is 3. The van der Waals surface area contributed by atoms with E-state index in [-0.39, 0.29) is 10.7 Å². The lowest BCUT2D eigenvalue weighted by Crippen LogP contribution is -1.98. The number of hydrogen-bond donors (Lipinski definition) is 2. The number of nitrogen functional groups attached to an aromatic ring is 1. The standard InChI is InChI=1S/C15H10ClF2N3/c16-11-5-8(17)6-12(18)15(11)21-13-3-4-20-14-7-9(19)1-2-10(13)14/h1-7H,19H2,(H,20,21). The summed E-state index contributed by atoms with van der Waals surface area (Å²) in [5, 5.41) is 3.60. The molecule has 1 aromatic heterocycles. The van der Waals surface area contributed by atoms with Crippen molar-refractivity contribution in [3.05, 3.63) is 59.3 Å². The van der Waals surface area contributed by atoms with E-state index in [2.05, 4.69) is 10.3 Å². The first-order chi connectivity index (χ1) is 10.0. The zero-order valence-corrected chi connectivity index (χ0v) is 11.5. The van der Waals surface area contributed by atoms with Crippen molar-refractivity contribution in [2.45, 2.75) is 0 Å². The molecule has 0 fully saturated rings. The van der Waals surface area contributed by atoms with E-state index in [1.807, 2.05) is 0 Å². The van der Waals surface area contributed by atoms with Gasteiger partial charge in [-0.3, -0.25) is 4.98 Å². The van der Waals surface area contributed by atoms with E-state index in [0.29, 0.717) is 16.9 Å². The Morgan fingerprint density at radius 3 is 2.67 bits per heavy atom. The van der Waals surface area contributed by atoms with E-state index in [1.54, 1.807) is 30.5 Å². The summed E-state index contributed by atoms with van der Waals surface area (Å²) in [5.74, 6) is -1.49. The lowest BCUT2D eigenvalue weighted by atomic mass is 10.1. The minimum atomic E-state index is -0.764. The molecule has 21 heavy (non-hydrogen) atoms. The molecule has 0 spiro atoms. The van der Waals surface area contributed by atoms with Gasteiger partial charge in [0.25, 0.3) is 0 Å². The van der Waals surface area contributed by atoms with E-state index in [1.165, 1.54) is 0 Å². The fourth-order valence-corrected chi connectivity index (χ4v) is 2.31. The van der Waals surface area contributed by atoms with Crippen molar-refractivity contribution in [3.8, 4) is 0 Å². The van der Waals surface area contributed by atoms with E-state index >= 15 is 0 Å². The van der Waals surface area contributed by atoms with Gasteiger partial charge in [-0.2, -0.15) is 0 Å². The van der Waals surface area contributed by atoms with Crippen LogP contribution in [0.5, 0.6) is 0 Å². The second-order valence-corrected chi connectivity index (χ2v) is 4.91. The van der Waals surface area contributed by atoms with Gasteiger partial charge >= 0.3 is 0 Å². The maximum atomic E-state index is 13.8. The molecule has 0 aliphatic rings. The molecule has 0 amide bonds. The Morgan fingerprint density at radius 1 is 1.10 bits per heavy atom. The molecule has 1 heterocycles. The van der Waals surface area contributed by atoms with Gasteiger partial charge in [-0.05, 0) is 30.3 Å². The third kappa shape index (κ3) is 2.60. The number of benzene rings is 2. The SMILES string of the molecule is Nc1ccc2c(Nc3c(F)cc(F)cc3Cl)ccnc2c1. The molecule has 106 valence electrons. The first kappa shape index (κ1) is 13.6. The van der Waals surface area contributed by atoms with Gasteiger partial charge in [0.05, 0.1) is 16.2 Å². The van der Waals surface area contributed by atoms with E-state index in [4.69, 9.17) is 17.3 Å². The molecule has 0 unspecified atom stereocenters. The Hall–Kier alpha value is -2.40. The van der Waals surface area contributed by atoms with Crippen LogP contribution in [0.3, 0.4) is 0 Å². The lowest BCUT2D eigenvalue weighted by molar-refractivity contribution is 0.586. The van der Waals surface area contributed by atoms with Crippen LogP contribution in [0.4, 0.5) is 25.8 Å². The van der Waals surface area contributed by atoms with Crippen molar-refractivity contribution in [3.63, 3.8) is 0 Å². The molecular weight excluding hydrogens is 296 g/mol. The average molecular weight is 306 g/mol. The van der Waals surface area contributed by atoms with Gasteiger partial charge in [-0.1, -0.05) is 11.6 Å². The van der Waals surface area contributed by atoms with Crippen LogP contribution in [0, 0.1) is 11.6 Å². The topological polar surface area (TPSA) is 50.9 Å². The number of anilines is 3. The molecule has 2 aromatic carbocycles. The highest BCUT2D eigenvalue weighted by atomic mass is 35.5. The number of nitrogens with one attached hydrogen (secondary N) is 1. The highest BCUT2D eigenvalue weighted by molar-refractivity contribution is 6.33. The van der Waals surface area contributed by atoms with Crippen molar-refractivity contribution >= 4 is 39.6 Å². The highest BCUT2D eigenvalue weighted by Gasteiger charge is 2.12. The number of pyridine rings is 1. The van der Waals surface area contributed by atoms with Gasteiger partial charge in [0.1, 0.15) is 5.82 Å². The highest BCUT2D eigenvalue weighted by Crippen LogP contribution is 2.32. The second-order valence-electron chi connectivity index (χ2n) is 4.50. The van der Waals surface area contributed by atoms with Crippen molar-refractivity contribution in [1.29, 1.82) is 0 Å². The molecule has 3 aromatic rings. The Labute approximate surface area is 124 Å². The third-order valence-electron chi connectivity index (χ3n) is 3.03. The second kappa shape index (κ2) is 5.18. The van der Waals surface area contributed by atoms with Gasteiger partial charge in [-0.25, -0.2) is 8.78 Å². The van der Waals surface area contributed by atoms with Gasteiger partial charge in [0.2, 0.25) is 0 Å². The monoisotopic (exact) mass is 305 g/mol. The first-order valence-corrected chi connectivity index (χ1v) is 6.48. The molecule has 0 atom stereocenters. The maximum absolute atomic E-state index is 13.8. The predicted octanol–water partition coefficient (Wildman–Crippen LogP) is 4.49. The summed E-state index contributed by atoms with van der Waals surface area (Å²) in [6, 6.07) is 8.71. The Bertz CT molecular complexity index is 813. The molecule has 0 bridgehead atoms. The van der Waals surface area contributed by atoms with E-state index < -0.39 is 11.6 Å². The molecule has 0 radical (unpaired) electrons. The minimum absolute atomic E-state index is 0.0161. The largest absolute Gasteiger partial charge is 0.399 e. The number of nitrogens with two attached hydrogens (primary N) is 1. The normalized spacial score (nSPS) is 10.8. The number of rotatable bonds is 2. The molecule has 6 heteroatoms. The summed E-state index contributed by atoms with van der Waals surface area (Å²) in [5.41, 5.74) is 7.58. The van der Waals surface area contributed by atoms with Crippen molar-refractivity contribution in [2.75, 3.05) is 11.1 Å². The van der Waals surface area contributed by atoms with Crippen LogP contribution < -0.4 is 11.1 Å². The molecule has 3 rings (SSSR count). The van der Waals surface area contributed by atoms with Crippen LogP contribution in [0.2, 0.25) is 5.02 Å². The van der Waals surface area contributed by atoms with Crippen molar-refractivity contribution in [2.24, 2.45) is 0 Å². The zero-order valence-electron chi connectivity index (χ0n) is 10.7. The summed E-state index contributed by atoms with van der Waals surface area (Å²) >= 11 is 5.88. The number of fused-ring (bicyclic) bond motifs is 1. The Kier molecular flexibility index (Phi) is 3.35. The Morgan fingerprint density at radius 2 is 1.90 bits per heavy atom. The van der Waals surface area contributed by atoms with Crippen LogP contribution in [-0.2, 0) is 0 Å². The van der Waals surface area contributed by atoms with Crippen LogP contribution in [0.25, 0.3) is 10.9 Å². The van der Waals surface area contributed by atoms with Crippen LogP contribution in [-0.4, -0.2) is 4.98 Å². The Balaban J connectivity index is 2.11. The van der Waals surface area contributed by atoms with Gasteiger partial charge in [-0.15, -0.1) is 0 Å². The predicted molar refractivity (Wildman–Crippen MR) is 80.8 cm³/mol. The molecule has 3 N–H and O–H groups in total. The molecule has 3 nitrogen and oxygen atoms in total. The van der Waals surface area contributed by atoms with E-state index in [9.17, 15) is 8.78 Å². The van der Waals surface area contributed by atoms with Gasteiger partial charge in [0, 0.05) is 29.0 Å². The van der Waals surface area contributed by atoms with Gasteiger partial charge < -0.3 is 11.1 Å². The maximum Gasteiger partial charge on any atom is 0.151 e. The van der Waals surface area contributed by atoms with E-state index in [0.717, 1.165) is 17.5 Å². The summed E-state index contributed by atoms with van der Waals surface area (Å²) in [7, 11) is 0. The quantitative estimate of drug-likeness (QED) is 0.686. The van der Waals surface area contributed by atoms with Gasteiger partial charge in [0.15, 0.2) is 5.82 Å². The first-order valence-electron chi connectivity index (χ1n) is 6.10. The van der Waals surface area contributed by atoms with Crippen LogP contribution >= 0.6 is 11.6 Å². The summed E-state index contributed by atoms with van der Waals surface area (Å²) in [4.78, 5) is 4.20. The lowest BCUT2D eigenvalue weighted by Gasteiger charge is -2.12. The molecular formula is C15H10ClF2N3. The van der Waals surface area contributed by atoms with Crippen LogP contribution in [0.15, 0.2) is 42.6 Å². The minimum Gasteiger partial charge on any atom is -0.399 e. The average Bonchev–Trinajstić information content (AvgIpc) is 2.42. The zero-order chi connectivity index (χ0) is 15.0.